The van der Waals surface area contributed by atoms with Crippen LogP contribution in [0.1, 0.15) is 17.5 Å². The van der Waals surface area contributed by atoms with Gasteiger partial charge in [0.1, 0.15) is 11.6 Å². The van der Waals surface area contributed by atoms with Gasteiger partial charge in [-0.2, -0.15) is 0 Å². The van der Waals surface area contributed by atoms with Crippen LogP contribution in [-0.2, 0) is 22.6 Å². The number of likely N-dealkylation sites (tertiary alicyclic amines) is 1. The number of methoxy groups -OCH3 is 1. The standard InChI is InChI=1S/C20H20ClFN2O5/c1-28-17-4-2-13(3-5-17)12-24-7-6-20(27,18(24)25)29-19(26)23-11-14-8-15(21)10-16(22)9-14/h2-5,8-10,27H,6-7,11-12H2,1H3,(H,23,26)/t20-/m0/s1. The molecule has 2 N–H and O–H groups in total. The Kier molecular flexibility index (Phi) is 6.24. The number of rotatable bonds is 6. The fourth-order valence-electron chi connectivity index (χ4n) is 3.02. The first kappa shape index (κ1) is 20.9. The summed E-state index contributed by atoms with van der Waals surface area (Å²) in [6.45, 7) is 0.419. The van der Waals surface area contributed by atoms with Gasteiger partial charge in [-0.05, 0) is 41.5 Å². The van der Waals surface area contributed by atoms with Crippen LogP contribution in [0.5, 0.6) is 5.75 Å². The van der Waals surface area contributed by atoms with E-state index < -0.39 is 23.6 Å². The molecule has 2 amide bonds. The van der Waals surface area contributed by atoms with E-state index in [2.05, 4.69) is 5.32 Å². The van der Waals surface area contributed by atoms with Gasteiger partial charge in [0.15, 0.2) is 0 Å². The smallest absolute Gasteiger partial charge is 0.410 e. The van der Waals surface area contributed by atoms with E-state index in [-0.39, 0.29) is 31.1 Å². The maximum atomic E-state index is 13.3. The van der Waals surface area contributed by atoms with Gasteiger partial charge >= 0.3 is 6.09 Å². The summed E-state index contributed by atoms with van der Waals surface area (Å²) in [6.07, 6.45) is -1.05. The van der Waals surface area contributed by atoms with Crippen molar-refractivity contribution in [3.05, 3.63) is 64.4 Å². The molecular weight excluding hydrogens is 403 g/mol. The zero-order valence-corrected chi connectivity index (χ0v) is 16.4. The Morgan fingerprint density at radius 2 is 2.00 bits per heavy atom. The zero-order valence-electron chi connectivity index (χ0n) is 15.7. The van der Waals surface area contributed by atoms with E-state index in [4.69, 9.17) is 21.1 Å². The third-order valence-corrected chi connectivity index (χ3v) is 4.71. The van der Waals surface area contributed by atoms with E-state index in [0.717, 1.165) is 11.6 Å². The number of carbonyl (C=O) groups excluding carboxylic acids is 2. The first-order valence-electron chi connectivity index (χ1n) is 8.85. The van der Waals surface area contributed by atoms with Gasteiger partial charge in [0.2, 0.25) is 0 Å². The molecule has 1 fully saturated rings. The minimum Gasteiger partial charge on any atom is -0.497 e. The normalized spacial score (nSPS) is 18.6. The third-order valence-electron chi connectivity index (χ3n) is 4.50. The van der Waals surface area contributed by atoms with Crippen LogP contribution < -0.4 is 10.1 Å². The number of benzene rings is 2. The molecule has 3 rings (SSSR count). The van der Waals surface area contributed by atoms with Crippen molar-refractivity contribution < 1.29 is 28.6 Å². The molecule has 1 aliphatic heterocycles. The molecule has 0 aliphatic carbocycles. The summed E-state index contributed by atoms with van der Waals surface area (Å²) in [7, 11) is 1.56. The average Bonchev–Trinajstić information content (AvgIpc) is 2.94. The topological polar surface area (TPSA) is 88.1 Å². The zero-order chi connectivity index (χ0) is 21.0. The molecule has 0 aromatic heterocycles. The van der Waals surface area contributed by atoms with Crippen molar-refractivity contribution in [2.45, 2.75) is 25.3 Å². The molecular formula is C20H20ClFN2O5. The summed E-state index contributed by atoms with van der Waals surface area (Å²) in [5.41, 5.74) is 1.26. The Morgan fingerprint density at radius 3 is 2.66 bits per heavy atom. The van der Waals surface area contributed by atoms with Crippen LogP contribution in [0, 0.1) is 5.82 Å². The van der Waals surface area contributed by atoms with E-state index >= 15 is 0 Å². The van der Waals surface area contributed by atoms with E-state index in [9.17, 15) is 19.1 Å². The highest BCUT2D eigenvalue weighted by Crippen LogP contribution is 2.26. The molecule has 2 aromatic carbocycles. The number of amides is 2. The molecule has 9 heteroatoms. The summed E-state index contributed by atoms with van der Waals surface area (Å²) in [5.74, 6) is -2.79. The Morgan fingerprint density at radius 1 is 1.28 bits per heavy atom. The molecule has 154 valence electrons. The average molecular weight is 423 g/mol. The highest BCUT2D eigenvalue weighted by atomic mass is 35.5. The Balaban J connectivity index is 1.55. The maximum absolute atomic E-state index is 13.3. The van der Waals surface area contributed by atoms with Crippen molar-refractivity contribution >= 4 is 23.6 Å². The number of hydrogen-bond donors (Lipinski definition) is 2. The lowest BCUT2D eigenvalue weighted by molar-refractivity contribution is -0.182. The molecule has 1 heterocycles. The second-order valence-electron chi connectivity index (χ2n) is 6.63. The van der Waals surface area contributed by atoms with Crippen molar-refractivity contribution in [3.8, 4) is 5.75 Å². The largest absolute Gasteiger partial charge is 0.497 e. The number of carbonyl (C=O) groups is 2. The molecule has 1 aliphatic rings. The summed E-state index contributed by atoms with van der Waals surface area (Å²) < 4.78 is 23.4. The predicted octanol–water partition coefficient (Wildman–Crippen LogP) is 2.84. The molecule has 29 heavy (non-hydrogen) atoms. The number of halogens is 2. The van der Waals surface area contributed by atoms with Crippen LogP contribution in [0.2, 0.25) is 5.02 Å². The minimum absolute atomic E-state index is 0.0544. The molecule has 0 saturated carbocycles. The van der Waals surface area contributed by atoms with Gasteiger partial charge in [0.25, 0.3) is 11.7 Å². The van der Waals surface area contributed by atoms with Crippen molar-refractivity contribution in [3.63, 3.8) is 0 Å². The molecule has 0 radical (unpaired) electrons. The van der Waals surface area contributed by atoms with Crippen molar-refractivity contribution in [2.24, 2.45) is 0 Å². The number of alkyl carbamates (subject to hydrolysis) is 1. The lowest BCUT2D eigenvalue weighted by Gasteiger charge is -2.22. The second-order valence-corrected chi connectivity index (χ2v) is 7.07. The third kappa shape index (κ3) is 5.16. The summed E-state index contributed by atoms with van der Waals surface area (Å²) in [4.78, 5) is 26.0. The highest BCUT2D eigenvalue weighted by Gasteiger charge is 2.49. The SMILES string of the molecule is COc1ccc(CN2CC[C@](O)(OC(=O)NCc3cc(F)cc(Cl)c3)C2=O)cc1. The lowest BCUT2D eigenvalue weighted by Crippen LogP contribution is -2.45. The van der Waals surface area contributed by atoms with Crippen molar-refractivity contribution in [2.75, 3.05) is 13.7 Å². The summed E-state index contributed by atoms with van der Waals surface area (Å²) in [6, 6.07) is 11.0. The van der Waals surface area contributed by atoms with Crippen LogP contribution in [0.15, 0.2) is 42.5 Å². The van der Waals surface area contributed by atoms with Gasteiger partial charge in [-0.3, -0.25) is 4.79 Å². The molecule has 7 nitrogen and oxygen atoms in total. The summed E-state index contributed by atoms with van der Waals surface area (Å²) in [5, 5.41) is 13.0. The van der Waals surface area contributed by atoms with Crippen LogP contribution >= 0.6 is 11.6 Å². The number of nitrogens with one attached hydrogen (secondary N) is 1. The first-order chi connectivity index (χ1) is 13.8. The van der Waals surface area contributed by atoms with Crippen LogP contribution in [0.25, 0.3) is 0 Å². The van der Waals surface area contributed by atoms with Crippen LogP contribution in [0.4, 0.5) is 9.18 Å². The number of hydrogen-bond acceptors (Lipinski definition) is 5. The number of aliphatic hydroxyl groups is 1. The van der Waals surface area contributed by atoms with Gasteiger partial charge in [-0.15, -0.1) is 0 Å². The van der Waals surface area contributed by atoms with Gasteiger partial charge in [0.05, 0.1) is 7.11 Å². The maximum Gasteiger partial charge on any atom is 0.410 e. The Labute approximate surface area is 172 Å². The van der Waals surface area contributed by atoms with Crippen LogP contribution in [0.3, 0.4) is 0 Å². The second kappa shape index (κ2) is 8.67. The van der Waals surface area contributed by atoms with E-state index in [0.29, 0.717) is 11.3 Å². The van der Waals surface area contributed by atoms with Gasteiger partial charge in [-0.25, -0.2) is 9.18 Å². The number of ether oxygens (including phenoxy) is 2. The fraction of sp³-hybridized carbons (Fsp3) is 0.300. The predicted molar refractivity (Wildman–Crippen MR) is 103 cm³/mol. The Hall–Kier alpha value is -2.84. The molecule has 0 bridgehead atoms. The monoisotopic (exact) mass is 422 g/mol. The van der Waals surface area contributed by atoms with Gasteiger partial charge in [-0.1, -0.05) is 23.7 Å². The summed E-state index contributed by atoms with van der Waals surface area (Å²) >= 11 is 5.76. The van der Waals surface area contributed by atoms with E-state index in [1.807, 2.05) is 0 Å². The quantitative estimate of drug-likeness (QED) is 0.699. The van der Waals surface area contributed by atoms with Crippen molar-refractivity contribution in [1.82, 2.24) is 10.2 Å². The Bertz CT molecular complexity index is 888. The van der Waals surface area contributed by atoms with E-state index in [1.54, 1.807) is 31.4 Å². The van der Waals surface area contributed by atoms with Gasteiger partial charge in [0, 0.05) is 31.1 Å². The first-order valence-corrected chi connectivity index (χ1v) is 9.23. The molecule has 1 saturated heterocycles. The lowest BCUT2D eigenvalue weighted by atomic mass is 10.2. The van der Waals surface area contributed by atoms with E-state index in [1.165, 1.54) is 17.0 Å². The molecule has 0 unspecified atom stereocenters. The molecule has 1 atom stereocenters. The van der Waals surface area contributed by atoms with Crippen LogP contribution in [-0.4, -0.2) is 41.4 Å². The minimum atomic E-state index is -2.24. The van der Waals surface area contributed by atoms with Crippen molar-refractivity contribution in [1.29, 1.82) is 0 Å². The number of nitrogens with zero attached hydrogens (tertiary/aromatic N) is 1. The van der Waals surface area contributed by atoms with Gasteiger partial charge < -0.3 is 24.8 Å². The molecule has 0 spiro atoms. The molecule has 2 aromatic rings. The fourth-order valence-corrected chi connectivity index (χ4v) is 3.26. The highest BCUT2D eigenvalue weighted by molar-refractivity contribution is 6.30.